The third-order valence-corrected chi connectivity index (χ3v) is 3.16. The number of alkyl halides is 3. The number of amides is 1. The Labute approximate surface area is 117 Å². The van der Waals surface area contributed by atoms with Gasteiger partial charge in [-0.2, -0.15) is 18.4 Å². The molecule has 8 heteroatoms. The molecule has 0 aliphatic heterocycles. The summed E-state index contributed by atoms with van der Waals surface area (Å²) < 4.78 is 43.7. The standard InChI is InChI=1S/C13H11F3N2O3/c14-13(15,16)10-2-1-3-11(9(10)6-17)21-8-4-7(5-8)18-12(19)20/h1-3,7-8,18H,4-5H2,(H,19,20). The van der Waals surface area contributed by atoms with Crippen LogP contribution in [0, 0.1) is 11.3 Å². The molecule has 1 aromatic rings. The first-order chi connectivity index (χ1) is 9.81. The van der Waals surface area contributed by atoms with Gasteiger partial charge in [0.25, 0.3) is 0 Å². The van der Waals surface area contributed by atoms with E-state index in [2.05, 4.69) is 5.32 Å². The lowest BCUT2D eigenvalue weighted by Crippen LogP contribution is -2.48. The molecule has 1 aromatic carbocycles. The summed E-state index contributed by atoms with van der Waals surface area (Å²) in [5, 5.41) is 19.7. The Bertz CT molecular complexity index is 589. The van der Waals surface area contributed by atoms with Crippen molar-refractivity contribution < 1.29 is 27.8 Å². The second kappa shape index (κ2) is 5.52. The molecule has 0 spiro atoms. The van der Waals surface area contributed by atoms with Gasteiger partial charge < -0.3 is 15.2 Å². The van der Waals surface area contributed by atoms with Crippen LogP contribution >= 0.6 is 0 Å². The van der Waals surface area contributed by atoms with Crippen molar-refractivity contribution in [1.82, 2.24) is 5.32 Å². The topological polar surface area (TPSA) is 82.3 Å². The maximum atomic E-state index is 12.8. The Hall–Kier alpha value is -2.43. The quantitative estimate of drug-likeness (QED) is 0.899. The van der Waals surface area contributed by atoms with E-state index in [1.165, 1.54) is 18.2 Å². The number of carbonyl (C=O) groups is 1. The Morgan fingerprint density at radius 1 is 1.43 bits per heavy atom. The zero-order chi connectivity index (χ0) is 15.6. The minimum atomic E-state index is -4.63. The number of rotatable bonds is 3. The van der Waals surface area contributed by atoms with Gasteiger partial charge in [-0.15, -0.1) is 0 Å². The zero-order valence-corrected chi connectivity index (χ0v) is 10.6. The molecule has 21 heavy (non-hydrogen) atoms. The summed E-state index contributed by atoms with van der Waals surface area (Å²) in [6.07, 6.45) is -5.48. The molecule has 1 aliphatic rings. The Morgan fingerprint density at radius 2 is 2.10 bits per heavy atom. The molecular weight excluding hydrogens is 289 g/mol. The Morgan fingerprint density at radius 3 is 2.62 bits per heavy atom. The number of halogens is 3. The summed E-state index contributed by atoms with van der Waals surface area (Å²) in [5.41, 5.74) is -1.60. The van der Waals surface area contributed by atoms with Gasteiger partial charge in [0.1, 0.15) is 23.5 Å². The molecular formula is C13H11F3N2O3. The highest BCUT2D eigenvalue weighted by Gasteiger charge is 2.37. The van der Waals surface area contributed by atoms with E-state index in [-0.39, 0.29) is 11.8 Å². The fourth-order valence-electron chi connectivity index (χ4n) is 2.11. The predicted molar refractivity (Wildman–Crippen MR) is 64.8 cm³/mol. The highest BCUT2D eigenvalue weighted by Crippen LogP contribution is 2.37. The molecule has 0 atom stereocenters. The van der Waals surface area contributed by atoms with Crippen molar-refractivity contribution in [3.63, 3.8) is 0 Å². The average Bonchev–Trinajstić information content (AvgIpc) is 2.34. The first-order valence-electron chi connectivity index (χ1n) is 6.07. The number of carboxylic acid groups (broad SMARTS) is 1. The predicted octanol–water partition coefficient (Wildman–Crippen LogP) is 2.75. The summed E-state index contributed by atoms with van der Waals surface area (Å²) in [5.74, 6) is -0.133. The van der Waals surface area contributed by atoms with Crippen LogP contribution in [0.15, 0.2) is 18.2 Å². The molecule has 2 rings (SSSR count). The largest absolute Gasteiger partial charge is 0.489 e. The van der Waals surface area contributed by atoms with Gasteiger partial charge in [0, 0.05) is 18.9 Å². The fraction of sp³-hybridized carbons (Fsp3) is 0.385. The summed E-state index contributed by atoms with van der Waals surface area (Å²) >= 11 is 0. The van der Waals surface area contributed by atoms with Crippen LogP contribution < -0.4 is 10.1 Å². The number of nitrogens with zero attached hydrogens (tertiary/aromatic N) is 1. The minimum Gasteiger partial charge on any atom is -0.489 e. The highest BCUT2D eigenvalue weighted by atomic mass is 19.4. The molecule has 1 aliphatic carbocycles. The van der Waals surface area contributed by atoms with Gasteiger partial charge >= 0.3 is 12.3 Å². The van der Waals surface area contributed by atoms with Gasteiger partial charge in [-0.3, -0.25) is 0 Å². The molecule has 1 amide bonds. The van der Waals surface area contributed by atoms with Gasteiger partial charge in [0.05, 0.1) is 5.56 Å². The van der Waals surface area contributed by atoms with Crippen LogP contribution in [0.4, 0.5) is 18.0 Å². The van der Waals surface area contributed by atoms with E-state index in [4.69, 9.17) is 15.1 Å². The van der Waals surface area contributed by atoms with Crippen LogP contribution in [0.1, 0.15) is 24.0 Å². The van der Waals surface area contributed by atoms with Crippen molar-refractivity contribution in [2.75, 3.05) is 0 Å². The van der Waals surface area contributed by atoms with Crippen LogP contribution in [-0.2, 0) is 6.18 Å². The van der Waals surface area contributed by atoms with Gasteiger partial charge in [-0.25, -0.2) is 4.79 Å². The zero-order valence-electron chi connectivity index (χ0n) is 10.6. The molecule has 0 heterocycles. The maximum Gasteiger partial charge on any atom is 0.417 e. The number of hydrogen-bond donors (Lipinski definition) is 2. The van der Waals surface area contributed by atoms with E-state index in [0.717, 1.165) is 6.07 Å². The SMILES string of the molecule is N#Cc1c(OC2CC(NC(=O)O)C2)cccc1C(F)(F)F. The molecule has 0 bridgehead atoms. The number of nitriles is 1. The van der Waals surface area contributed by atoms with Gasteiger partial charge in [-0.05, 0) is 12.1 Å². The first kappa shape index (κ1) is 15.0. The van der Waals surface area contributed by atoms with E-state index < -0.39 is 29.5 Å². The van der Waals surface area contributed by atoms with Crippen LogP contribution in [0.3, 0.4) is 0 Å². The van der Waals surface area contributed by atoms with Crippen LogP contribution in [0.25, 0.3) is 0 Å². The van der Waals surface area contributed by atoms with Gasteiger partial charge in [0.2, 0.25) is 0 Å². The Kier molecular flexibility index (Phi) is 3.93. The first-order valence-corrected chi connectivity index (χ1v) is 6.07. The second-order valence-electron chi connectivity index (χ2n) is 4.65. The average molecular weight is 300 g/mol. The maximum absolute atomic E-state index is 12.8. The molecule has 2 N–H and O–H groups in total. The van der Waals surface area contributed by atoms with Crippen LogP contribution in [-0.4, -0.2) is 23.3 Å². The second-order valence-corrected chi connectivity index (χ2v) is 4.65. The monoisotopic (exact) mass is 300 g/mol. The molecule has 5 nitrogen and oxygen atoms in total. The van der Waals surface area contributed by atoms with E-state index in [1.54, 1.807) is 0 Å². The number of benzene rings is 1. The van der Waals surface area contributed by atoms with E-state index in [0.29, 0.717) is 12.8 Å². The van der Waals surface area contributed by atoms with Gasteiger partial charge in [0.15, 0.2) is 0 Å². The smallest absolute Gasteiger partial charge is 0.417 e. The van der Waals surface area contributed by atoms with Crippen LogP contribution in [0.2, 0.25) is 0 Å². The van der Waals surface area contributed by atoms with Crippen molar-refractivity contribution in [3.05, 3.63) is 29.3 Å². The third kappa shape index (κ3) is 3.37. The minimum absolute atomic E-state index is 0.133. The molecule has 112 valence electrons. The summed E-state index contributed by atoms with van der Waals surface area (Å²) in [7, 11) is 0. The summed E-state index contributed by atoms with van der Waals surface area (Å²) in [6, 6.07) is 4.53. The summed E-state index contributed by atoms with van der Waals surface area (Å²) in [4.78, 5) is 10.4. The normalized spacial score (nSPS) is 21.0. The molecule has 0 saturated heterocycles. The third-order valence-electron chi connectivity index (χ3n) is 3.16. The lowest BCUT2D eigenvalue weighted by Gasteiger charge is -2.35. The molecule has 1 saturated carbocycles. The number of hydrogen-bond acceptors (Lipinski definition) is 3. The lowest BCUT2D eigenvalue weighted by molar-refractivity contribution is -0.138. The molecule has 0 aromatic heterocycles. The highest BCUT2D eigenvalue weighted by molar-refractivity contribution is 5.65. The summed E-state index contributed by atoms with van der Waals surface area (Å²) in [6.45, 7) is 0. The van der Waals surface area contributed by atoms with E-state index >= 15 is 0 Å². The van der Waals surface area contributed by atoms with Crippen LogP contribution in [0.5, 0.6) is 5.75 Å². The molecule has 0 unspecified atom stereocenters. The Balaban J connectivity index is 2.09. The van der Waals surface area contributed by atoms with Crippen molar-refractivity contribution in [1.29, 1.82) is 5.26 Å². The number of nitrogens with one attached hydrogen (secondary N) is 1. The molecule has 0 radical (unpaired) electrons. The lowest BCUT2D eigenvalue weighted by atomic mass is 9.89. The molecule has 1 fully saturated rings. The van der Waals surface area contributed by atoms with Crippen molar-refractivity contribution in [2.24, 2.45) is 0 Å². The fourth-order valence-corrected chi connectivity index (χ4v) is 2.11. The van der Waals surface area contributed by atoms with Gasteiger partial charge in [-0.1, -0.05) is 6.07 Å². The van der Waals surface area contributed by atoms with Crippen molar-refractivity contribution >= 4 is 6.09 Å². The number of ether oxygens (including phenoxy) is 1. The van der Waals surface area contributed by atoms with Crippen molar-refractivity contribution in [2.45, 2.75) is 31.2 Å². The van der Waals surface area contributed by atoms with E-state index in [1.807, 2.05) is 0 Å². The van der Waals surface area contributed by atoms with E-state index in [9.17, 15) is 18.0 Å². The van der Waals surface area contributed by atoms with Crippen molar-refractivity contribution in [3.8, 4) is 11.8 Å².